The second-order valence-corrected chi connectivity index (χ2v) is 6.08. The summed E-state index contributed by atoms with van der Waals surface area (Å²) in [4.78, 5) is 4.74. The van der Waals surface area contributed by atoms with Crippen molar-refractivity contribution >= 4 is 0 Å². The molecule has 3 nitrogen and oxygen atoms in total. The maximum absolute atomic E-state index is 9.42. The lowest BCUT2D eigenvalue weighted by Crippen LogP contribution is -2.46. The van der Waals surface area contributed by atoms with Crippen molar-refractivity contribution in [3.8, 4) is 0 Å². The van der Waals surface area contributed by atoms with E-state index in [4.69, 9.17) is 0 Å². The Kier molecular flexibility index (Phi) is 5.22. The van der Waals surface area contributed by atoms with Crippen LogP contribution in [0.4, 0.5) is 0 Å². The van der Waals surface area contributed by atoms with Crippen molar-refractivity contribution in [2.24, 2.45) is 11.3 Å². The summed E-state index contributed by atoms with van der Waals surface area (Å²) in [7, 11) is 4.24. The monoisotopic (exact) mass is 228 g/mol. The van der Waals surface area contributed by atoms with Crippen LogP contribution in [0.15, 0.2) is 0 Å². The van der Waals surface area contributed by atoms with Crippen LogP contribution >= 0.6 is 0 Å². The highest BCUT2D eigenvalue weighted by atomic mass is 16.3. The van der Waals surface area contributed by atoms with E-state index in [1.54, 1.807) is 0 Å². The van der Waals surface area contributed by atoms with Crippen LogP contribution < -0.4 is 0 Å². The van der Waals surface area contributed by atoms with Crippen LogP contribution in [0.3, 0.4) is 0 Å². The van der Waals surface area contributed by atoms with Gasteiger partial charge in [-0.15, -0.1) is 0 Å². The molecule has 1 aliphatic heterocycles. The zero-order valence-corrected chi connectivity index (χ0v) is 11.4. The fourth-order valence-electron chi connectivity index (χ4n) is 2.42. The molecule has 1 saturated heterocycles. The molecule has 0 aromatic carbocycles. The largest absolute Gasteiger partial charge is 0.396 e. The summed E-state index contributed by atoms with van der Waals surface area (Å²) in [6, 6.07) is 0. The van der Waals surface area contributed by atoms with E-state index in [2.05, 4.69) is 37.7 Å². The molecule has 96 valence electrons. The standard InChI is InChI=1S/C13H28N2O/c1-13(2)6-9-15(10-12(13)11-16)8-5-7-14(3)4/h12,16H,5-11H2,1-4H3. The molecule has 1 rings (SSSR count). The van der Waals surface area contributed by atoms with Gasteiger partial charge in [0.15, 0.2) is 0 Å². The molecular weight excluding hydrogens is 200 g/mol. The molecule has 0 aromatic rings. The average molecular weight is 228 g/mol. The number of aliphatic hydroxyl groups is 1. The number of piperidine rings is 1. The van der Waals surface area contributed by atoms with Crippen molar-refractivity contribution in [2.45, 2.75) is 26.7 Å². The summed E-state index contributed by atoms with van der Waals surface area (Å²) in [6.07, 6.45) is 2.44. The van der Waals surface area contributed by atoms with Gasteiger partial charge in [0.2, 0.25) is 0 Å². The minimum Gasteiger partial charge on any atom is -0.396 e. The fourth-order valence-corrected chi connectivity index (χ4v) is 2.42. The van der Waals surface area contributed by atoms with Gasteiger partial charge in [0.1, 0.15) is 0 Å². The first-order valence-electron chi connectivity index (χ1n) is 6.43. The maximum Gasteiger partial charge on any atom is 0.0476 e. The van der Waals surface area contributed by atoms with Crippen LogP contribution in [0.1, 0.15) is 26.7 Å². The Morgan fingerprint density at radius 3 is 2.62 bits per heavy atom. The molecule has 0 saturated carbocycles. The van der Waals surface area contributed by atoms with Crippen molar-refractivity contribution in [3.63, 3.8) is 0 Å². The highest BCUT2D eigenvalue weighted by Gasteiger charge is 2.34. The molecule has 0 radical (unpaired) electrons. The first-order chi connectivity index (χ1) is 7.45. The number of likely N-dealkylation sites (tertiary alicyclic amines) is 1. The van der Waals surface area contributed by atoms with E-state index >= 15 is 0 Å². The zero-order valence-electron chi connectivity index (χ0n) is 11.4. The Morgan fingerprint density at radius 1 is 1.38 bits per heavy atom. The van der Waals surface area contributed by atoms with Crippen molar-refractivity contribution in [3.05, 3.63) is 0 Å². The second kappa shape index (κ2) is 5.99. The number of nitrogens with zero attached hydrogens (tertiary/aromatic N) is 2. The summed E-state index contributed by atoms with van der Waals surface area (Å²) >= 11 is 0. The molecule has 3 heteroatoms. The van der Waals surface area contributed by atoms with Crippen LogP contribution in [-0.4, -0.2) is 61.8 Å². The van der Waals surface area contributed by atoms with E-state index in [0.29, 0.717) is 17.9 Å². The topological polar surface area (TPSA) is 26.7 Å². The van der Waals surface area contributed by atoms with Gasteiger partial charge in [-0.25, -0.2) is 0 Å². The molecular formula is C13H28N2O. The number of rotatable bonds is 5. The first kappa shape index (κ1) is 13.9. The number of aliphatic hydroxyl groups excluding tert-OH is 1. The van der Waals surface area contributed by atoms with Gasteiger partial charge in [0.25, 0.3) is 0 Å². The van der Waals surface area contributed by atoms with Gasteiger partial charge in [-0.1, -0.05) is 13.8 Å². The van der Waals surface area contributed by atoms with Crippen LogP contribution in [-0.2, 0) is 0 Å². The normalized spacial score (nSPS) is 26.2. The molecule has 0 spiro atoms. The van der Waals surface area contributed by atoms with E-state index in [9.17, 15) is 5.11 Å². The maximum atomic E-state index is 9.42. The van der Waals surface area contributed by atoms with Gasteiger partial charge < -0.3 is 14.9 Å². The molecule has 0 aromatic heterocycles. The lowest BCUT2D eigenvalue weighted by Gasteiger charge is -2.43. The van der Waals surface area contributed by atoms with Crippen LogP contribution in [0, 0.1) is 11.3 Å². The predicted octanol–water partition coefficient (Wildman–Crippen LogP) is 1.28. The molecule has 0 bridgehead atoms. The number of hydrogen-bond acceptors (Lipinski definition) is 3. The quantitative estimate of drug-likeness (QED) is 0.768. The third kappa shape index (κ3) is 4.04. The van der Waals surface area contributed by atoms with Gasteiger partial charge in [-0.05, 0) is 57.9 Å². The molecule has 1 atom stereocenters. The Labute approximate surface area is 100 Å². The lowest BCUT2D eigenvalue weighted by molar-refractivity contribution is 0.0219. The lowest BCUT2D eigenvalue weighted by atomic mass is 9.74. The SMILES string of the molecule is CN(C)CCCN1CCC(C)(C)C(CO)C1. The van der Waals surface area contributed by atoms with Crippen molar-refractivity contribution in [1.82, 2.24) is 9.80 Å². The van der Waals surface area contributed by atoms with E-state index in [0.717, 1.165) is 13.1 Å². The first-order valence-corrected chi connectivity index (χ1v) is 6.43. The highest BCUT2D eigenvalue weighted by Crippen LogP contribution is 2.35. The predicted molar refractivity (Wildman–Crippen MR) is 68.6 cm³/mol. The summed E-state index contributed by atoms with van der Waals surface area (Å²) in [5.74, 6) is 0.445. The number of hydrogen-bond donors (Lipinski definition) is 1. The summed E-state index contributed by atoms with van der Waals surface area (Å²) in [5, 5.41) is 9.42. The van der Waals surface area contributed by atoms with E-state index in [-0.39, 0.29) is 0 Å². The van der Waals surface area contributed by atoms with E-state index in [1.807, 2.05) is 0 Å². The van der Waals surface area contributed by atoms with Crippen LogP contribution in [0.2, 0.25) is 0 Å². The van der Waals surface area contributed by atoms with Gasteiger partial charge in [0.05, 0.1) is 0 Å². The van der Waals surface area contributed by atoms with Gasteiger partial charge in [-0.2, -0.15) is 0 Å². The second-order valence-electron chi connectivity index (χ2n) is 6.08. The van der Waals surface area contributed by atoms with E-state index < -0.39 is 0 Å². The molecule has 1 aliphatic rings. The molecule has 1 N–H and O–H groups in total. The van der Waals surface area contributed by atoms with Crippen molar-refractivity contribution in [1.29, 1.82) is 0 Å². The Bertz CT molecular complexity index is 204. The molecule has 1 heterocycles. The third-order valence-corrected chi connectivity index (χ3v) is 3.96. The summed E-state index contributed by atoms with van der Waals surface area (Å²) in [6.45, 7) is 9.48. The van der Waals surface area contributed by atoms with Gasteiger partial charge >= 0.3 is 0 Å². The Balaban J connectivity index is 2.31. The van der Waals surface area contributed by atoms with Crippen molar-refractivity contribution in [2.75, 3.05) is 46.9 Å². The minimum absolute atomic E-state index is 0.312. The zero-order chi connectivity index (χ0) is 12.2. The molecule has 0 amide bonds. The Hall–Kier alpha value is -0.120. The molecule has 1 fully saturated rings. The molecule has 0 aliphatic carbocycles. The van der Waals surface area contributed by atoms with Crippen LogP contribution in [0.5, 0.6) is 0 Å². The molecule has 16 heavy (non-hydrogen) atoms. The van der Waals surface area contributed by atoms with Crippen LogP contribution in [0.25, 0.3) is 0 Å². The Morgan fingerprint density at radius 2 is 2.06 bits per heavy atom. The summed E-state index contributed by atoms with van der Waals surface area (Å²) < 4.78 is 0. The van der Waals surface area contributed by atoms with Gasteiger partial charge in [0, 0.05) is 13.2 Å². The summed E-state index contributed by atoms with van der Waals surface area (Å²) in [5.41, 5.74) is 0.312. The smallest absolute Gasteiger partial charge is 0.0476 e. The van der Waals surface area contributed by atoms with E-state index in [1.165, 1.54) is 25.9 Å². The fraction of sp³-hybridized carbons (Fsp3) is 1.00. The highest BCUT2D eigenvalue weighted by molar-refractivity contribution is 4.86. The average Bonchev–Trinajstić information content (AvgIpc) is 2.19. The third-order valence-electron chi connectivity index (χ3n) is 3.96. The minimum atomic E-state index is 0.312. The van der Waals surface area contributed by atoms with Gasteiger partial charge in [-0.3, -0.25) is 0 Å². The van der Waals surface area contributed by atoms with Crippen molar-refractivity contribution < 1.29 is 5.11 Å². The molecule has 1 unspecified atom stereocenters.